The molecule has 0 spiro atoms. The maximum absolute atomic E-state index is 6.23. The average molecular weight is 273 g/mol. The van der Waals surface area contributed by atoms with Gasteiger partial charge in [-0.15, -0.1) is 0 Å². The van der Waals surface area contributed by atoms with Gasteiger partial charge in [-0.2, -0.15) is 0 Å². The van der Waals surface area contributed by atoms with E-state index in [1.165, 1.54) is 24.8 Å². The second-order valence-corrected chi connectivity index (χ2v) is 5.61. The fourth-order valence-corrected chi connectivity index (χ4v) is 2.57. The summed E-state index contributed by atoms with van der Waals surface area (Å²) in [6, 6.07) is 12.2. The Morgan fingerprint density at radius 2 is 1.84 bits per heavy atom. The van der Waals surface area contributed by atoms with Gasteiger partial charge in [0.15, 0.2) is 0 Å². The van der Waals surface area contributed by atoms with Gasteiger partial charge in [0.25, 0.3) is 0 Å². The molecular formula is C16H17ClN2. The quantitative estimate of drug-likeness (QED) is 0.915. The van der Waals surface area contributed by atoms with Crippen LogP contribution in [0.2, 0.25) is 5.02 Å². The van der Waals surface area contributed by atoms with E-state index in [9.17, 15) is 0 Å². The number of rotatable bonds is 3. The highest BCUT2D eigenvalue weighted by Crippen LogP contribution is 2.36. The zero-order valence-corrected chi connectivity index (χ0v) is 11.5. The molecule has 98 valence electrons. The van der Waals surface area contributed by atoms with Crippen molar-refractivity contribution in [3.8, 4) is 0 Å². The van der Waals surface area contributed by atoms with Crippen LogP contribution in [0.4, 0.5) is 0 Å². The molecule has 1 aliphatic rings. The molecule has 1 heterocycles. The summed E-state index contributed by atoms with van der Waals surface area (Å²) in [4.78, 5) is 4.28. The molecule has 1 aliphatic carbocycles. The summed E-state index contributed by atoms with van der Waals surface area (Å²) in [7, 11) is 0. The highest BCUT2D eigenvalue weighted by Gasteiger charge is 2.19. The van der Waals surface area contributed by atoms with Crippen LogP contribution >= 0.6 is 11.6 Å². The van der Waals surface area contributed by atoms with Gasteiger partial charge in [0.1, 0.15) is 0 Å². The average Bonchev–Trinajstić information content (AvgIpc) is 2.38. The van der Waals surface area contributed by atoms with Gasteiger partial charge >= 0.3 is 0 Å². The summed E-state index contributed by atoms with van der Waals surface area (Å²) in [6.07, 6.45) is 5.65. The number of benzene rings is 1. The summed E-state index contributed by atoms with van der Waals surface area (Å²) < 4.78 is 0. The molecule has 0 amide bonds. The predicted molar refractivity (Wildman–Crippen MR) is 78.3 cm³/mol. The van der Waals surface area contributed by atoms with Crippen molar-refractivity contribution in [1.82, 2.24) is 4.98 Å². The van der Waals surface area contributed by atoms with Crippen LogP contribution in [0, 0.1) is 0 Å². The molecule has 19 heavy (non-hydrogen) atoms. The van der Waals surface area contributed by atoms with E-state index in [2.05, 4.69) is 29.2 Å². The number of hydrogen-bond acceptors (Lipinski definition) is 2. The molecule has 1 fully saturated rings. The Kier molecular flexibility index (Phi) is 3.54. The summed E-state index contributed by atoms with van der Waals surface area (Å²) in [6.45, 7) is 0. The Morgan fingerprint density at radius 1 is 1.11 bits per heavy atom. The van der Waals surface area contributed by atoms with Crippen LogP contribution in [0.1, 0.15) is 48.0 Å². The molecule has 1 atom stereocenters. The highest BCUT2D eigenvalue weighted by molar-refractivity contribution is 6.30. The lowest BCUT2D eigenvalue weighted by Crippen LogP contribution is -2.14. The van der Waals surface area contributed by atoms with Crippen molar-refractivity contribution in [3.05, 3.63) is 64.4 Å². The van der Waals surface area contributed by atoms with E-state index in [1.54, 1.807) is 6.20 Å². The maximum atomic E-state index is 6.23. The first-order valence-electron chi connectivity index (χ1n) is 6.71. The fourth-order valence-electron chi connectivity index (χ4n) is 2.46. The number of hydrogen-bond donors (Lipinski definition) is 1. The first-order chi connectivity index (χ1) is 9.24. The van der Waals surface area contributed by atoms with E-state index in [1.807, 2.05) is 12.1 Å². The Morgan fingerprint density at radius 3 is 2.37 bits per heavy atom. The molecule has 0 aliphatic heterocycles. The Bertz CT molecular complexity index is 544. The normalized spacial score (nSPS) is 16.9. The molecule has 1 aromatic carbocycles. The zero-order chi connectivity index (χ0) is 13.2. The van der Waals surface area contributed by atoms with E-state index in [0.717, 1.165) is 17.2 Å². The first kappa shape index (κ1) is 12.6. The minimum Gasteiger partial charge on any atom is -0.319 e. The fraction of sp³-hybridized carbons (Fsp3) is 0.312. The van der Waals surface area contributed by atoms with Crippen molar-refractivity contribution < 1.29 is 0 Å². The number of halogens is 1. The number of nitrogens with zero attached hydrogens (tertiary/aromatic N) is 1. The zero-order valence-electron chi connectivity index (χ0n) is 10.7. The van der Waals surface area contributed by atoms with Gasteiger partial charge in [0.05, 0.1) is 16.8 Å². The molecular weight excluding hydrogens is 256 g/mol. The minimum absolute atomic E-state index is 0.187. The van der Waals surface area contributed by atoms with Gasteiger partial charge in [-0.05, 0) is 42.0 Å². The van der Waals surface area contributed by atoms with Crippen molar-refractivity contribution in [3.63, 3.8) is 0 Å². The van der Waals surface area contributed by atoms with Gasteiger partial charge in [0.2, 0.25) is 0 Å². The summed E-state index contributed by atoms with van der Waals surface area (Å²) in [5.41, 5.74) is 9.61. The molecule has 0 bridgehead atoms. The molecule has 2 nitrogen and oxygen atoms in total. The van der Waals surface area contributed by atoms with E-state index in [4.69, 9.17) is 17.3 Å². The summed E-state index contributed by atoms with van der Waals surface area (Å²) in [5, 5.41) is 0.635. The molecule has 3 rings (SSSR count). The molecule has 0 saturated heterocycles. The number of pyridine rings is 1. The van der Waals surface area contributed by atoms with Gasteiger partial charge in [-0.1, -0.05) is 42.3 Å². The Hall–Kier alpha value is -1.38. The van der Waals surface area contributed by atoms with Crippen LogP contribution in [-0.2, 0) is 0 Å². The number of nitrogens with two attached hydrogens (primary N) is 1. The topological polar surface area (TPSA) is 38.9 Å². The Balaban J connectivity index is 1.79. The second kappa shape index (κ2) is 5.32. The number of aromatic nitrogens is 1. The minimum atomic E-state index is -0.187. The molecule has 0 radical (unpaired) electrons. The van der Waals surface area contributed by atoms with E-state index < -0.39 is 0 Å². The molecule has 2 aromatic rings. The third-order valence-electron chi connectivity index (χ3n) is 3.94. The third kappa shape index (κ3) is 2.65. The van der Waals surface area contributed by atoms with Crippen LogP contribution in [0.25, 0.3) is 0 Å². The van der Waals surface area contributed by atoms with Gasteiger partial charge in [0, 0.05) is 6.20 Å². The smallest absolute Gasteiger partial charge is 0.0726 e. The lowest BCUT2D eigenvalue weighted by atomic mass is 9.80. The van der Waals surface area contributed by atoms with E-state index >= 15 is 0 Å². The van der Waals surface area contributed by atoms with Gasteiger partial charge < -0.3 is 5.73 Å². The maximum Gasteiger partial charge on any atom is 0.0726 e. The monoisotopic (exact) mass is 272 g/mol. The third-order valence-corrected chi connectivity index (χ3v) is 4.16. The second-order valence-electron chi connectivity index (χ2n) is 5.17. The largest absolute Gasteiger partial charge is 0.319 e. The SMILES string of the molecule is NC(c1ccc(C2CCC2)cc1)c1ccc(Cl)cn1. The van der Waals surface area contributed by atoms with Crippen molar-refractivity contribution in [2.75, 3.05) is 0 Å². The van der Waals surface area contributed by atoms with E-state index in [0.29, 0.717) is 5.02 Å². The van der Waals surface area contributed by atoms with Crippen LogP contribution < -0.4 is 5.73 Å². The van der Waals surface area contributed by atoms with E-state index in [-0.39, 0.29) is 6.04 Å². The molecule has 1 aromatic heterocycles. The van der Waals surface area contributed by atoms with Crippen LogP contribution in [-0.4, -0.2) is 4.98 Å². The van der Waals surface area contributed by atoms with Gasteiger partial charge in [-0.25, -0.2) is 0 Å². The lowest BCUT2D eigenvalue weighted by molar-refractivity contribution is 0.419. The first-order valence-corrected chi connectivity index (χ1v) is 7.09. The van der Waals surface area contributed by atoms with Crippen LogP contribution in [0.5, 0.6) is 0 Å². The van der Waals surface area contributed by atoms with Crippen LogP contribution in [0.15, 0.2) is 42.6 Å². The lowest BCUT2D eigenvalue weighted by Gasteiger charge is -2.26. The van der Waals surface area contributed by atoms with Crippen molar-refractivity contribution in [2.45, 2.75) is 31.2 Å². The molecule has 2 N–H and O–H groups in total. The summed E-state index contributed by atoms with van der Waals surface area (Å²) >= 11 is 5.84. The Labute approximate surface area is 118 Å². The van der Waals surface area contributed by atoms with Crippen molar-refractivity contribution in [2.24, 2.45) is 5.73 Å². The molecule has 3 heteroatoms. The molecule has 1 saturated carbocycles. The van der Waals surface area contributed by atoms with Gasteiger partial charge in [-0.3, -0.25) is 4.98 Å². The predicted octanol–water partition coefficient (Wildman–Crippen LogP) is 4.05. The standard InChI is InChI=1S/C16H17ClN2/c17-14-8-9-15(19-10-14)16(18)13-6-4-12(5-7-13)11-2-1-3-11/h4-11,16H,1-3,18H2. The highest BCUT2D eigenvalue weighted by atomic mass is 35.5. The molecule has 1 unspecified atom stereocenters. The summed E-state index contributed by atoms with van der Waals surface area (Å²) in [5.74, 6) is 0.763. The van der Waals surface area contributed by atoms with Crippen LogP contribution in [0.3, 0.4) is 0 Å². The van der Waals surface area contributed by atoms with Crippen molar-refractivity contribution >= 4 is 11.6 Å². The van der Waals surface area contributed by atoms with Crippen molar-refractivity contribution in [1.29, 1.82) is 0 Å².